The summed E-state index contributed by atoms with van der Waals surface area (Å²) in [5.41, 5.74) is 5.98. The van der Waals surface area contributed by atoms with Crippen molar-refractivity contribution >= 4 is 33.9 Å². The van der Waals surface area contributed by atoms with E-state index in [0.29, 0.717) is 11.4 Å². The first-order valence-corrected chi connectivity index (χ1v) is 9.05. The van der Waals surface area contributed by atoms with Crippen LogP contribution in [0.2, 0.25) is 0 Å². The molecule has 5 heteroatoms. The molecule has 0 aliphatic carbocycles. The fourth-order valence-corrected chi connectivity index (χ4v) is 3.21. The Bertz CT molecular complexity index is 1130. The number of carbonyl (C=O) groups excluding carboxylic acids is 1. The number of benzene rings is 2. The van der Waals surface area contributed by atoms with E-state index in [4.69, 9.17) is 0 Å². The lowest BCUT2D eigenvalue weighted by atomic mass is 10.1. The lowest BCUT2D eigenvalue weighted by Gasteiger charge is -2.10. The van der Waals surface area contributed by atoms with Gasteiger partial charge in [-0.15, -0.1) is 0 Å². The summed E-state index contributed by atoms with van der Waals surface area (Å²) >= 11 is 0. The van der Waals surface area contributed by atoms with Crippen molar-refractivity contribution < 1.29 is 4.79 Å². The topological polar surface area (TPSA) is 66.9 Å². The molecule has 0 spiro atoms. The molecule has 2 aromatic heterocycles. The Hall–Kier alpha value is -3.73. The molecular weight excluding hydrogens is 348 g/mol. The molecule has 0 saturated carbocycles. The van der Waals surface area contributed by atoms with Crippen molar-refractivity contribution in [2.75, 3.05) is 10.6 Å². The van der Waals surface area contributed by atoms with Gasteiger partial charge in [-0.25, -0.2) is 4.98 Å². The highest BCUT2D eigenvalue weighted by atomic mass is 16.1. The van der Waals surface area contributed by atoms with E-state index in [1.807, 2.05) is 36.4 Å². The van der Waals surface area contributed by atoms with E-state index in [9.17, 15) is 4.79 Å². The molecule has 28 heavy (non-hydrogen) atoms. The molecule has 0 bridgehead atoms. The molecule has 0 radical (unpaired) electrons. The van der Waals surface area contributed by atoms with Gasteiger partial charge in [0.25, 0.3) is 5.91 Å². The number of anilines is 3. The zero-order valence-corrected chi connectivity index (χ0v) is 15.7. The van der Waals surface area contributed by atoms with Gasteiger partial charge in [-0.2, -0.15) is 0 Å². The first-order chi connectivity index (χ1) is 13.6. The van der Waals surface area contributed by atoms with Crippen molar-refractivity contribution in [1.29, 1.82) is 0 Å². The molecule has 0 unspecified atom stereocenters. The van der Waals surface area contributed by atoms with Gasteiger partial charge in [0.1, 0.15) is 5.69 Å². The quantitative estimate of drug-likeness (QED) is 0.517. The van der Waals surface area contributed by atoms with E-state index in [0.717, 1.165) is 22.3 Å². The number of amides is 1. The number of hydrogen-bond acceptors (Lipinski definition) is 4. The molecule has 4 rings (SSSR count). The zero-order chi connectivity index (χ0) is 19.5. The van der Waals surface area contributed by atoms with Crippen LogP contribution in [0.25, 0.3) is 10.9 Å². The number of pyridine rings is 2. The van der Waals surface area contributed by atoms with Gasteiger partial charge in [0, 0.05) is 17.3 Å². The van der Waals surface area contributed by atoms with Crippen LogP contribution in [0, 0.1) is 13.8 Å². The van der Waals surface area contributed by atoms with E-state index in [2.05, 4.69) is 52.6 Å². The summed E-state index contributed by atoms with van der Waals surface area (Å²) in [7, 11) is 0. The normalized spacial score (nSPS) is 10.6. The molecule has 0 fully saturated rings. The average molecular weight is 368 g/mol. The van der Waals surface area contributed by atoms with Crippen LogP contribution in [0.1, 0.15) is 21.6 Å². The molecular formula is C23H20N4O. The molecule has 2 N–H and O–H groups in total. The summed E-state index contributed by atoms with van der Waals surface area (Å²) in [6, 6.07) is 19.3. The largest absolute Gasteiger partial charge is 0.354 e. The van der Waals surface area contributed by atoms with Gasteiger partial charge in [-0.1, -0.05) is 24.3 Å². The van der Waals surface area contributed by atoms with Crippen LogP contribution in [0.3, 0.4) is 0 Å². The Morgan fingerprint density at radius 1 is 0.857 bits per heavy atom. The SMILES string of the molecule is Cc1cc(C)cc(Nc2ccc(C(=O)Nc3cccc4cccnc34)nc2)c1. The Balaban J connectivity index is 1.51. The van der Waals surface area contributed by atoms with Gasteiger partial charge in [0.2, 0.25) is 0 Å². The van der Waals surface area contributed by atoms with E-state index in [-0.39, 0.29) is 5.91 Å². The summed E-state index contributed by atoms with van der Waals surface area (Å²) in [5, 5.41) is 7.20. The molecule has 0 atom stereocenters. The van der Waals surface area contributed by atoms with Crippen molar-refractivity contribution in [2.45, 2.75) is 13.8 Å². The van der Waals surface area contributed by atoms with Crippen molar-refractivity contribution in [1.82, 2.24) is 9.97 Å². The smallest absolute Gasteiger partial charge is 0.274 e. The number of rotatable bonds is 4. The highest BCUT2D eigenvalue weighted by Crippen LogP contribution is 2.22. The van der Waals surface area contributed by atoms with E-state index in [1.54, 1.807) is 18.5 Å². The van der Waals surface area contributed by atoms with Gasteiger partial charge in [-0.05, 0) is 61.4 Å². The van der Waals surface area contributed by atoms with Gasteiger partial charge < -0.3 is 10.6 Å². The summed E-state index contributed by atoms with van der Waals surface area (Å²) in [6.07, 6.45) is 3.37. The van der Waals surface area contributed by atoms with Crippen LogP contribution in [-0.4, -0.2) is 15.9 Å². The number of carbonyl (C=O) groups is 1. The molecule has 2 aromatic carbocycles. The minimum atomic E-state index is -0.267. The number of nitrogens with one attached hydrogen (secondary N) is 2. The average Bonchev–Trinajstić information content (AvgIpc) is 2.68. The molecule has 0 aliphatic heterocycles. The van der Waals surface area contributed by atoms with Gasteiger partial charge in [-0.3, -0.25) is 9.78 Å². The van der Waals surface area contributed by atoms with E-state index < -0.39 is 0 Å². The highest BCUT2D eigenvalue weighted by Gasteiger charge is 2.10. The minimum absolute atomic E-state index is 0.267. The molecule has 0 saturated heterocycles. The van der Waals surface area contributed by atoms with Crippen LogP contribution in [-0.2, 0) is 0 Å². The molecule has 1 amide bonds. The molecule has 138 valence electrons. The minimum Gasteiger partial charge on any atom is -0.354 e. The lowest BCUT2D eigenvalue weighted by Crippen LogP contribution is -2.14. The standard InChI is InChI=1S/C23H20N4O/c1-15-11-16(2)13-19(12-15)26-18-8-9-21(25-14-18)23(28)27-20-7-3-5-17-6-4-10-24-22(17)20/h3-14,26H,1-2H3,(H,27,28). The van der Waals surface area contributed by atoms with Crippen molar-refractivity contribution in [3.63, 3.8) is 0 Å². The number of aryl methyl sites for hydroxylation is 2. The molecule has 0 aliphatic rings. The monoisotopic (exact) mass is 368 g/mol. The summed E-state index contributed by atoms with van der Waals surface area (Å²) < 4.78 is 0. The number of para-hydroxylation sites is 1. The maximum Gasteiger partial charge on any atom is 0.274 e. The van der Waals surface area contributed by atoms with Crippen molar-refractivity contribution in [3.05, 3.63) is 89.9 Å². The highest BCUT2D eigenvalue weighted by molar-refractivity contribution is 6.07. The first-order valence-electron chi connectivity index (χ1n) is 9.05. The Morgan fingerprint density at radius 2 is 1.64 bits per heavy atom. The lowest BCUT2D eigenvalue weighted by molar-refractivity contribution is 0.102. The number of hydrogen-bond donors (Lipinski definition) is 2. The maximum absolute atomic E-state index is 12.6. The van der Waals surface area contributed by atoms with Crippen LogP contribution in [0.4, 0.5) is 17.1 Å². The van der Waals surface area contributed by atoms with Crippen LogP contribution in [0.15, 0.2) is 73.1 Å². The second-order valence-corrected chi connectivity index (χ2v) is 6.77. The summed E-state index contributed by atoms with van der Waals surface area (Å²) in [6.45, 7) is 4.12. The van der Waals surface area contributed by atoms with Crippen LogP contribution < -0.4 is 10.6 Å². The number of nitrogens with zero attached hydrogens (tertiary/aromatic N) is 2. The second-order valence-electron chi connectivity index (χ2n) is 6.77. The summed E-state index contributed by atoms with van der Waals surface area (Å²) in [4.78, 5) is 21.3. The predicted octanol–water partition coefficient (Wildman–Crippen LogP) is 5.24. The van der Waals surface area contributed by atoms with E-state index in [1.165, 1.54) is 11.1 Å². The number of aromatic nitrogens is 2. The van der Waals surface area contributed by atoms with Crippen LogP contribution in [0.5, 0.6) is 0 Å². The molecule has 4 aromatic rings. The Kier molecular flexibility index (Phi) is 4.72. The maximum atomic E-state index is 12.6. The van der Waals surface area contributed by atoms with Crippen molar-refractivity contribution in [3.8, 4) is 0 Å². The second kappa shape index (κ2) is 7.48. The van der Waals surface area contributed by atoms with Gasteiger partial charge in [0.15, 0.2) is 0 Å². The van der Waals surface area contributed by atoms with Crippen LogP contribution >= 0.6 is 0 Å². The third kappa shape index (κ3) is 3.83. The van der Waals surface area contributed by atoms with Gasteiger partial charge in [0.05, 0.1) is 23.1 Å². The van der Waals surface area contributed by atoms with Gasteiger partial charge >= 0.3 is 0 Å². The van der Waals surface area contributed by atoms with E-state index >= 15 is 0 Å². The fraction of sp³-hybridized carbons (Fsp3) is 0.0870. The first kappa shape index (κ1) is 17.7. The van der Waals surface area contributed by atoms with Crippen molar-refractivity contribution in [2.24, 2.45) is 0 Å². The molecule has 5 nitrogen and oxygen atoms in total. The Morgan fingerprint density at radius 3 is 2.39 bits per heavy atom. The fourth-order valence-electron chi connectivity index (χ4n) is 3.21. The Labute approximate surface area is 163 Å². The third-order valence-corrected chi connectivity index (χ3v) is 4.39. The number of fused-ring (bicyclic) bond motifs is 1. The third-order valence-electron chi connectivity index (χ3n) is 4.39. The summed E-state index contributed by atoms with van der Waals surface area (Å²) in [5.74, 6) is -0.267. The zero-order valence-electron chi connectivity index (χ0n) is 15.7. The molecule has 2 heterocycles. The predicted molar refractivity (Wildman–Crippen MR) is 113 cm³/mol.